The van der Waals surface area contributed by atoms with E-state index < -0.39 is 0 Å². The molecule has 0 saturated carbocycles. The summed E-state index contributed by atoms with van der Waals surface area (Å²) in [7, 11) is 2.01. The minimum absolute atomic E-state index is 0.245. The van der Waals surface area contributed by atoms with Crippen molar-refractivity contribution in [2.24, 2.45) is 0 Å². The highest BCUT2D eigenvalue weighted by Gasteiger charge is 2.09. The van der Waals surface area contributed by atoms with Crippen molar-refractivity contribution < 1.29 is 9.47 Å². The number of anilines is 2. The van der Waals surface area contributed by atoms with Crippen LogP contribution in [0.2, 0.25) is 0 Å². The van der Waals surface area contributed by atoms with Gasteiger partial charge in [-0.2, -0.15) is 0 Å². The third-order valence-corrected chi connectivity index (χ3v) is 2.82. The largest absolute Gasteiger partial charge is 0.377 e. The van der Waals surface area contributed by atoms with Crippen LogP contribution in [0.1, 0.15) is 33.5 Å². The van der Waals surface area contributed by atoms with Crippen molar-refractivity contribution in [3.63, 3.8) is 0 Å². The van der Waals surface area contributed by atoms with E-state index in [2.05, 4.69) is 20.2 Å². The molecule has 1 heterocycles. The van der Waals surface area contributed by atoms with Crippen LogP contribution in [-0.2, 0) is 16.1 Å². The first-order chi connectivity index (χ1) is 10.1. The summed E-state index contributed by atoms with van der Waals surface area (Å²) in [6.07, 6.45) is 0.245. The van der Waals surface area contributed by atoms with E-state index >= 15 is 0 Å². The zero-order valence-electron chi connectivity index (χ0n) is 13.8. The molecule has 1 aromatic rings. The van der Waals surface area contributed by atoms with Crippen molar-refractivity contribution in [3.05, 3.63) is 11.9 Å². The maximum Gasteiger partial charge on any atom is 0.158 e. The Balaban J connectivity index is 2.75. The van der Waals surface area contributed by atoms with Gasteiger partial charge in [-0.1, -0.05) is 0 Å². The summed E-state index contributed by atoms with van der Waals surface area (Å²) in [5, 5.41) is 3.23. The van der Waals surface area contributed by atoms with Crippen molar-refractivity contribution >= 4 is 11.6 Å². The van der Waals surface area contributed by atoms with Gasteiger partial charge in [0.25, 0.3) is 0 Å². The van der Waals surface area contributed by atoms with Gasteiger partial charge in [-0.05, 0) is 27.7 Å². The number of likely N-dealkylation sites (N-methyl/N-ethyl adjacent to an activating group) is 1. The van der Waals surface area contributed by atoms with Crippen LogP contribution < -0.4 is 10.2 Å². The Labute approximate surface area is 127 Å². The van der Waals surface area contributed by atoms with Crippen LogP contribution in [0, 0.1) is 0 Å². The number of hydrogen-bond acceptors (Lipinski definition) is 6. The van der Waals surface area contributed by atoms with Crippen LogP contribution in [0.3, 0.4) is 0 Å². The molecule has 6 heteroatoms. The van der Waals surface area contributed by atoms with Crippen LogP contribution in [0.15, 0.2) is 6.07 Å². The highest BCUT2D eigenvalue weighted by atomic mass is 16.5. The fraction of sp³-hybridized carbons (Fsp3) is 0.733. The summed E-state index contributed by atoms with van der Waals surface area (Å²) in [6, 6.07) is 1.95. The summed E-state index contributed by atoms with van der Waals surface area (Å²) in [6.45, 7) is 11.5. The van der Waals surface area contributed by atoms with E-state index in [0.717, 1.165) is 24.7 Å². The minimum atomic E-state index is 0.245. The van der Waals surface area contributed by atoms with Crippen molar-refractivity contribution in [1.29, 1.82) is 0 Å². The minimum Gasteiger partial charge on any atom is -0.377 e. The molecule has 0 aliphatic carbocycles. The fourth-order valence-corrected chi connectivity index (χ4v) is 1.75. The number of nitrogens with zero attached hydrogens (tertiary/aromatic N) is 3. The molecular formula is C15H28N4O2. The highest BCUT2D eigenvalue weighted by Crippen LogP contribution is 2.15. The quantitative estimate of drug-likeness (QED) is 0.715. The average molecular weight is 296 g/mol. The SMILES string of the molecule is CCNc1cc(N(C)CCOC(C)C)nc(COCC)n1. The Bertz CT molecular complexity index is 413. The molecule has 1 aromatic heterocycles. The van der Waals surface area contributed by atoms with Gasteiger partial charge in [0.2, 0.25) is 0 Å². The van der Waals surface area contributed by atoms with Crippen LogP contribution >= 0.6 is 0 Å². The zero-order valence-corrected chi connectivity index (χ0v) is 13.8. The highest BCUT2D eigenvalue weighted by molar-refractivity contribution is 5.48. The second-order valence-corrected chi connectivity index (χ2v) is 5.04. The molecule has 1 rings (SSSR count). The molecule has 0 unspecified atom stereocenters. The molecule has 0 spiro atoms. The fourth-order valence-electron chi connectivity index (χ4n) is 1.75. The predicted octanol–water partition coefficient (Wildman–Crippen LogP) is 2.31. The molecule has 0 aliphatic rings. The lowest BCUT2D eigenvalue weighted by molar-refractivity contribution is 0.0845. The molecule has 21 heavy (non-hydrogen) atoms. The van der Waals surface area contributed by atoms with Gasteiger partial charge in [0.15, 0.2) is 5.82 Å². The smallest absolute Gasteiger partial charge is 0.158 e. The van der Waals surface area contributed by atoms with Gasteiger partial charge >= 0.3 is 0 Å². The molecule has 0 bridgehead atoms. The van der Waals surface area contributed by atoms with Crippen LogP contribution in [0.25, 0.3) is 0 Å². The van der Waals surface area contributed by atoms with Gasteiger partial charge in [0.05, 0.1) is 12.7 Å². The van der Waals surface area contributed by atoms with Crippen LogP contribution in [-0.4, -0.2) is 49.4 Å². The third-order valence-electron chi connectivity index (χ3n) is 2.82. The Morgan fingerprint density at radius 1 is 1.29 bits per heavy atom. The summed E-state index contributed by atoms with van der Waals surface area (Å²) >= 11 is 0. The van der Waals surface area contributed by atoms with E-state index in [4.69, 9.17) is 9.47 Å². The van der Waals surface area contributed by atoms with Crippen LogP contribution in [0.5, 0.6) is 0 Å². The summed E-state index contributed by atoms with van der Waals surface area (Å²) in [5.74, 6) is 2.40. The normalized spacial score (nSPS) is 11.0. The molecule has 6 nitrogen and oxygen atoms in total. The first kappa shape index (κ1) is 17.7. The number of rotatable bonds is 10. The van der Waals surface area contributed by atoms with Crippen LogP contribution in [0.4, 0.5) is 11.6 Å². The lowest BCUT2D eigenvalue weighted by atomic mass is 10.4. The summed E-state index contributed by atoms with van der Waals surface area (Å²) in [5.41, 5.74) is 0. The van der Waals surface area contributed by atoms with E-state index in [1.54, 1.807) is 0 Å². The third kappa shape index (κ3) is 6.73. The van der Waals surface area contributed by atoms with Gasteiger partial charge < -0.3 is 19.7 Å². The van der Waals surface area contributed by atoms with Gasteiger partial charge in [-0.3, -0.25) is 0 Å². The molecule has 0 aliphatic heterocycles. The Morgan fingerprint density at radius 2 is 2.05 bits per heavy atom. The predicted molar refractivity (Wildman–Crippen MR) is 85.9 cm³/mol. The first-order valence-corrected chi connectivity index (χ1v) is 7.59. The topological polar surface area (TPSA) is 59.5 Å². The molecule has 120 valence electrons. The van der Waals surface area contributed by atoms with Gasteiger partial charge in [-0.25, -0.2) is 9.97 Å². The zero-order chi connectivity index (χ0) is 15.7. The second kappa shape index (κ2) is 9.52. The molecule has 1 N–H and O–H groups in total. The maximum atomic E-state index is 5.58. The Morgan fingerprint density at radius 3 is 2.67 bits per heavy atom. The van der Waals surface area contributed by atoms with E-state index in [1.807, 2.05) is 40.8 Å². The summed E-state index contributed by atoms with van der Waals surface area (Å²) in [4.78, 5) is 11.1. The maximum absolute atomic E-state index is 5.58. The number of nitrogens with one attached hydrogen (secondary N) is 1. The monoisotopic (exact) mass is 296 g/mol. The molecule has 0 radical (unpaired) electrons. The van der Waals surface area contributed by atoms with Crippen molar-refractivity contribution in [2.75, 3.05) is 43.6 Å². The number of aromatic nitrogens is 2. The van der Waals surface area contributed by atoms with E-state index in [1.165, 1.54) is 0 Å². The molecule has 0 amide bonds. The molecule has 0 saturated heterocycles. The number of ether oxygens (including phenoxy) is 2. The van der Waals surface area contributed by atoms with E-state index in [-0.39, 0.29) is 6.10 Å². The molecule has 0 aromatic carbocycles. The van der Waals surface area contributed by atoms with Gasteiger partial charge in [0.1, 0.15) is 18.2 Å². The van der Waals surface area contributed by atoms with E-state index in [9.17, 15) is 0 Å². The average Bonchev–Trinajstić information content (AvgIpc) is 2.44. The van der Waals surface area contributed by atoms with Crippen molar-refractivity contribution in [2.45, 2.75) is 40.4 Å². The van der Waals surface area contributed by atoms with Gasteiger partial charge in [-0.15, -0.1) is 0 Å². The Hall–Kier alpha value is -1.40. The van der Waals surface area contributed by atoms with Crippen molar-refractivity contribution in [1.82, 2.24) is 9.97 Å². The second-order valence-electron chi connectivity index (χ2n) is 5.04. The lowest BCUT2D eigenvalue weighted by Gasteiger charge is -2.20. The van der Waals surface area contributed by atoms with E-state index in [0.29, 0.717) is 25.6 Å². The summed E-state index contributed by atoms with van der Waals surface area (Å²) < 4.78 is 11.0. The Kier molecular flexibility index (Phi) is 8.00. The van der Waals surface area contributed by atoms with Crippen molar-refractivity contribution in [3.8, 4) is 0 Å². The molecule has 0 atom stereocenters. The molecule has 0 fully saturated rings. The standard InChI is InChI=1S/C15H28N4O2/c1-6-16-13-10-15(18-14(17-13)11-20-7-2)19(5)8-9-21-12(3)4/h10,12H,6-9,11H2,1-5H3,(H,16,17,18). The number of hydrogen-bond donors (Lipinski definition) is 1. The van der Waals surface area contributed by atoms with Gasteiger partial charge in [0, 0.05) is 32.8 Å². The molecular weight excluding hydrogens is 268 g/mol. The first-order valence-electron chi connectivity index (χ1n) is 7.59. The lowest BCUT2D eigenvalue weighted by Crippen LogP contribution is -2.25.